The van der Waals surface area contributed by atoms with E-state index in [-0.39, 0.29) is 52.5 Å². The fourth-order valence-corrected chi connectivity index (χ4v) is 6.28. The third-order valence-electron chi connectivity index (χ3n) is 6.99. The molecule has 5 rings (SSSR count). The molecule has 3 heterocycles. The van der Waals surface area contributed by atoms with Crippen molar-refractivity contribution < 1.29 is 28.0 Å². The first kappa shape index (κ1) is 28.4. The number of amides is 3. The largest absolute Gasteiger partial charge is 0.366 e. The highest BCUT2D eigenvalue weighted by Gasteiger charge is 2.40. The van der Waals surface area contributed by atoms with Crippen molar-refractivity contribution in [3.8, 4) is 11.1 Å². The number of thiophene rings is 1. The van der Waals surface area contributed by atoms with Gasteiger partial charge in [-0.3, -0.25) is 23.9 Å². The number of primary amides is 2. The molecule has 9 nitrogen and oxygen atoms in total. The lowest BCUT2D eigenvalue weighted by atomic mass is 9.96. The average molecular weight is 600 g/mol. The Morgan fingerprint density at radius 3 is 2.56 bits per heavy atom. The van der Waals surface area contributed by atoms with Gasteiger partial charge in [0.2, 0.25) is 11.8 Å². The van der Waals surface area contributed by atoms with Crippen LogP contribution in [0.1, 0.15) is 37.7 Å². The Morgan fingerprint density at radius 2 is 1.85 bits per heavy atom. The van der Waals surface area contributed by atoms with Crippen LogP contribution in [-0.2, 0) is 22.6 Å². The first-order valence-corrected chi connectivity index (χ1v) is 13.7. The molecular weight excluding hydrogens is 576 g/mol. The molecule has 4 N–H and O–H groups in total. The number of benzene rings is 2. The Hall–Kier alpha value is -4.16. The summed E-state index contributed by atoms with van der Waals surface area (Å²) in [5, 5.41) is 4.35. The van der Waals surface area contributed by atoms with Crippen molar-refractivity contribution in [3.63, 3.8) is 0 Å². The molecule has 0 spiro atoms. The summed E-state index contributed by atoms with van der Waals surface area (Å²) in [6.07, 6.45) is -2.08. The second-order valence-electron chi connectivity index (χ2n) is 9.82. The summed E-state index contributed by atoms with van der Waals surface area (Å²) in [7, 11) is 0. The third-order valence-corrected chi connectivity index (χ3v) is 8.37. The number of carbonyl (C=O) groups is 4. The van der Waals surface area contributed by atoms with Crippen LogP contribution in [0.5, 0.6) is 0 Å². The Kier molecular flexibility index (Phi) is 7.62. The van der Waals surface area contributed by atoms with E-state index in [9.17, 15) is 23.6 Å². The molecule has 13 heteroatoms. The van der Waals surface area contributed by atoms with Crippen LogP contribution >= 0.6 is 22.9 Å². The average Bonchev–Trinajstić information content (AvgIpc) is 3.59. The monoisotopic (exact) mass is 599 g/mol. The second kappa shape index (κ2) is 11.0. The molecule has 212 valence electrons. The summed E-state index contributed by atoms with van der Waals surface area (Å²) < 4.78 is 32.0. The van der Waals surface area contributed by atoms with Crippen LogP contribution in [0.3, 0.4) is 0 Å². The topological polar surface area (TPSA) is 141 Å². The van der Waals surface area contributed by atoms with Crippen LogP contribution in [0.15, 0.2) is 42.5 Å². The molecule has 3 amide bonds. The van der Waals surface area contributed by atoms with Crippen molar-refractivity contribution in [1.29, 1.82) is 0 Å². The molecular formula is C28H24ClF2N5O4S. The highest BCUT2D eigenvalue weighted by molar-refractivity contribution is 7.19. The van der Waals surface area contributed by atoms with Gasteiger partial charge in [0.1, 0.15) is 18.5 Å². The van der Waals surface area contributed by atoms with Crippen molar-refractivity contribution in [2.75, 3.05) is 6.54 Å². The van der Waals surface area contributed by atoms with E-state index in [1.165, 1.54) is 52.4 Å². The van der Waals surface area contributed by atoms with Crippen LogP contribution in [0.4, 0.5) is 8.78 Å². The number of aromatic nitrogens is 2. The summed E-state index contributed by atoms with van der Waals surface area (Å²) in [6.45, 7) is 1.19. The molecule has 1 saturated heterocycles. The van der Waals surface area contributed by atoms with E-state index in [4.69, 9.17) is 23.1 Å². The number of carbonyl (C=O) groups excluding carboxylic acids is 4. The number of likely N-dealkylation sites (tertiary alicyclic amines) is 1. The Labute approximate surface area is 241 Å². The van der Waals surface area contributed by atoms with E-state index in [0.717, 1.165) is 9.78 Å². The molecule has 2 atom stereocenters. The predicted octanol–water partition coefficient (Wildman–Crippen LogP) is 3.81. The van der Waals surface area contributed by atoms with Crippen molar-refractivity contribution in [2.45, 2.75) is 38.5 Å². The van der Waals surface area contributed by atoms with E-state index in [0.29, 0.717) is 10.2 Å². The van der Waals surface area contributed by atoms with Crippen molar-refractivity contribution in [2.24, 2.45) is 11.5 Å². The Balaban J connectivity index is 1.38. The van der Waals surface area contributed by atoms with Gasteiger partial charge >= 0.3 is 0 Å². The zero-order valence-electron chi connectivity index (χ0n) is 21.7. The SMILES string of the molecule is Cc1cc2c(s1)c(C(N)=O)nn2CC(=O)N1C[C@H](F)C[C@H]1C(=O)Cc1cccc(-c2cc(C(N)=O)ccc2Cl)c1F. The smallest absolute Gasteiger partial charge is 0.270 e. The maximum Gasteiger partial charge on any atom is 0.270 e. The minimum atomic E-state index is -1.44. The number of alkyl halides is 1. The number of nitrogens with two attached hydrogens (primary N) is 2. The molecule has 2 aromatic heterocycles. The lowest BCUT2D eigenvalue weighted by Crippen LogP contribution is -2.43. The minimum absolute atomic E-state index is 0.0244. The van der Waals surface area contributed by atoms with Gasteiger partial charge in [0.05, 0.1) is 22.8 Å². The third kappa shape index (κ3) is 5.44. The van der Waals surface area contributed by atoms with Gasteiger partial charge in [0, 0.05) is 39.4 Å². The van der Waals surface area contributed by atoms with Crippen molar-refractivity contribution >= 4 is 56.7 Å². The zero-order chi connectivity index (χ0) is 29.6. The molecule has 0 saturated carbocycles. The maximum atomic E-state index is 15.6. The quantitative estimate of drug-likeness (QED) is 0.317. The fourth-order valence-electron chi connectivity index (χ4n) is 5.06. The lowest BCUT2D eigenvalue weighted by Gasteiger charge is -2.23. The van der Waals surface area contributed by atoms with Gasteiger partial charge in [-0.05, 0) is 36.8 Å². The predicted molar refractivity (Wildman–Crippen MR) is 150 cm³/mol. The number of hydrogen-bond donors (Lipinski definition) is 2. The van der Waals surface area contributed by atoms with Gasteiger partial charge in [0.25, 0.3) is 5.91 Å². The van der Waals surface area contributed by atoms with Crippen LogP contribution < -0.4 is 11.5 Å². The number of nitrogens with zero attached hydrogens (tertiary/aromatic N) is 3. The highest BCUT2D eigenvalue weighted by Crippen LogP contribution is 2.33. The van der Waals surface area contributed by atoms with Crippen molar-refractivity contribution in [3.05, 3.63) is 75.0 Å². The first-order valence-electron chi connectivity index (χ1n) is 12.5. The minimum Gasteiger partial charge on any atom is -0.366 e. The summed E-state index contributed by atoms with van der Waals surface area (Å²) in [5.41, 5.74) is 11.8. The first-order chi connectivity index (χ1) is 19.4. The van der Waals surface area contributed by atoms with Gasteiger partial charge in [-0.25, -0.2) is 8.78 Å². The number of halogens is 3. The summed E-state index contributed by atoms with van der Waals surface area (Å²) in [5.74, 6) is -3.30. The van der Waals surface area contributed by atoms with Crippen molar-refractivity contribution in [1.82, 2.24) is 14.7 Å². The number of Topliss-reactive ketones (excluding diaryl/α,β-unsaturated/α-hetero) is 1. The molecule has 0 unspecified atom stereocenters. The molecule has 4 aromatic rings. The summed E-state index contributed by atoms with van der Waals surface area (Å²) >= 11 is 7.57. The summed E-state index contributed by atoms with van der Waals surface area (Å²) in [6, 6.07) is 9.26. The van der Waals surface area contributed by atoms with Gasteiger partial charge in [-0.1, -0.05) is 29.8 Å². The molecule has 1 aliphatic heterocycles. The van der Waals surface area contributed by atoms with Gasteiger partial charge in [0.15, 0.2) is 11.5 Å². The molecule has 0 radical (unpaired) electrons. The zero-order valence-corrected chi connectivity index (χ0v) is 23.3. The van der Waals surface area contributed by atoms with E-state index in [1.54, 1.807) is 6.07 Å². The standard InChI is InChI=1S/C28H24ClF2N5O4S/c1-13-7-21-26(41-13)25(28(33)40)34-36(21)12-23(38)35-11-16(30)10-20(35)22(37)9-14-3-2-4-17(24(14)31)18-8-15(27(32)39)5-6-19(18)29/h2-8,16,20H,9-12H2,1H3,(H2,32,39)(H2,33,40)/t16-,20+/m1/s1. The fraction of sp³-hybridized carbons (Fsp3) is 0.250. The Morgan fingerprint density at radius 1 is 1.10 bits per heavy atom. The molecule has 41 heavy (non-hydrogen) atoms. The van der Waals surface area contributed by atoms with E-state index in [2.05, 4.69) is 5.10 Å². The van der Waals surface area contributed by atoms with Gasteiger partial charge < -0.3 is 16.4 Å². The molecule has 1 fully saturated rings. The van der Waals surface area contributed by atoms with Crippen LogP contribution in [0, 0.1) is 12.7 Å². The molecule has 0 aliphatic carbocycles. The summed E-state index contributed by atoms with van der Waals surface area (Å²) in [4.78, 5) is 52.1. The number of hydrogen-bond acceptors (Lipinski definition) is 6. The normalized spacial score (nSPS) is 16.8. The number of aryl methyl sites for hydroxylation is 1. The van der Waals surface area contributed by atoms with Gasteiger partial charge in [-0.15, -0.1) is 11.3 Å². The number of fused-ring (bicyclic) bond motifs is 1. The van der Waals surface area contributed by atoms with Gasteiger partial charge in [-0.2, -0.15) is 5.10 Å². The van der Waals surface area contributed by atoms with Crippen LogP contribution in [0.25, 0.3) is 21.3 Å². The molecule has 0 bridgehead atoms. The maximum absolute atomic E-state index is 15.6. The molecule has 2 aromatic carbocycles. The van der Waals surface area contributed by atoms with E-state index < -0.39 is 48.0 Å². The van der Waals surface area contributed by atoms with E-state index in [1.807, 2.05) is 6.92 Å². The molecule has 1 aliphatic rings. The van der Waals surface area contributed by atoms with Crippen LogP contribution in [-0.4, -0.2) is 56.9 Å². The second-order valence-corrected chi connectivity index (χ2v) is 11.5. The van der Waals surface area contributed by atoms with Crippen LogP contribution in [0.2, 0.25) is 5.02 Å². The van der Waals surface area contributed by atoms with E-state index >= 15 is 4.39 Å². The highest BCUT2D eigenvalue weighted by atomic mass is 35.5. The number of ketones is 1. The number of rotatable bonds is 8. The lowest BCUT2D eigenvalue weighted by molar-refractivity contribution is -0.138. The Bertz CT molecular complexity index is 1740.